The van der Waals surface area contributed by atoms with Crippen LogP contribution in [0.5, 0.6) is 5.75 Å². The van der Waals surface area contributed by atoms with Crippen molar-refractivity contribution in [2.75, 3.05) is 13.7 Å². The van der Waals surface area contributed by atoms with Gasteiger partial charge in [0, 0.05) is 51.0 Å². The number of carbonyl (C=O) groups is 1. The zero-order chi connectivity index (χ0) is 22.1. The number of nitrogens with zero attached hydrogens (tertiary/aromatic N) is 3. The van der Waals surface area contributed by atoms with Crippen LogP contribution in [0, 0.1) is 5.82 Å². The van der Waals surface area contributed by atoms with E-state index >= 15 is 0 Å². The molecule has 0 aliphatic carbocycles. The van der Waals surface area contributed by atoms with E-state index in [2.05, 4.69) is 25.6 Å². The van der Waals surface area contributed by atoms with Gasteiger partial charge in [-0.15, -0.1) is 0 Å². The van der Waals surface area contributed by atoms with Crippen molar-refractivity contribution in [2.24, 2.45) is 4.99 Å². The molecule has 2 N–H and O–H groups in total. The van der Waals surface area contributed by atoms with Gasteiger partial charge in [-0.1, -0.05) is 17.7 Å². The number of hydrogen-bond donors (Lipinski definition) is 2. The van der Waals surface area contributed by atoms with E-state index in [4.69, 9.17) is 16.3 Å². The molecule has 0 spiro atoms. The Labute approximate surface area is 184 Å². The van der Waals surface area contributed by atoms with Crippen molar-refractivity contribution in [1.29, 1.82) is 0 Å². The minimum atomic E-state index is -0.517. The quantitative estimate of drug-likeness (QED) is 0.494. The first-order valence-electron chi connectivity index (χ1n) is 9.48. The number of pyridine rings is 2. The van der Waals surface area contributed by atoms with Crippen LogP contribution in [-0.4, -0.2) is 35.7 Å². The normalized spacial score (nSPS) is 10.9. The van der Waals surface area contributed by atoms with Crippen LogP contribution in [-0.2, 0) is 13.1 Å². The third-order valence-corrected chi connectivity index (χ3v) is 4.54. The van der Waals surface area contributed by atoms with Crippen LogP contribution in [0.2, 0.25) is 5.02 Å². The van der Waals surface area contributed by atoms with Gasteiger partial charge in [0.2, 0.25) is 0 Å². The summed E-state index contributed by atoms with van der Waals surface area (Å²) in [6.45, 7) is 1.10. The number of aliphatic imine (C=N–C) groups is 1. The average molecular weight is 442 g/mol. The highest BCUT2D eigenvalue weighted by Crippen LogP contribution is 2.23. The first-order chi connectivity index (χ1) is 15.1. The van der Waals surface area contributed by atoms with Crippen molar-refractivity contribution in [3.05, 3.63) is 82.6 Å². The molecule has 3 rings (SSSR count). The smallest absolute Gasteiger partial charge is 0.253 e. The number of benzene rings is 1. The topological polar surface area (TPSA) is 88.5 Å². The zero-order valence-electron chi connectivity index (χ0n) is 16.8. The highest BCUT2D eigenvalue weighted by atomic mass is 35.5. The average Bonchev–Trinajstić information content (AvgIpc) is 2.79. The molecule has 1 aromatic carbocycles. The molecule has 0 aliphatic heterocycles. The Morgan fingerprint density at radius 3 is 2.87 bits per heavy atom. The van der Waals surface area contributed by atoms with E-state index in [9.17, 15) is 9.18 Å². The SMILES string of the molecule is CNC(=O)c1ccnc(CNCc2cccnc2)c1/N=C/COc1ccc(F)c(Cl)c1. The summed E-state index contributed by atoms with van der Waals surface area (Å²) in [5, 5.41) is 5.87. The van der Waals surface area contributed by atoms with Crippen LogP contribution >= 0.6 is 11.6 Å². The number of halogens is 2. The molecule has 2 heterocycles. The highest BCUT2D eigenvalue weighted by Gasteiger charge is 2.14. The summed E-state index contributed by atoms with van der Waals surface area (Å²) in [5.74, 6) is -0.375. The van der Waals surface area contributed by atoms with Crippen LogP contribution in [0.25, 0.3) is 0 Å². The van der Waals surface area contributed by atoms with Gasteiger partial charge in [0.25, 0.3) is 5.91 Å². The summed E-state index contributed by atoms with van der Waals surface area (Å²) >= 11 is 5.76. The van der Waals surface area contributed by atoms with Crippen molar-refractivity contribution in [3.8, 4) is 5.75 Å². The van der Waals surface area contributed by atoms with Crippen molar-refractivity contribution in [3.63, 3.8) is 0 Å². The third kappa shape index (κ3) is 6.31. The Hall–Kier alpha value is -3.36. The van der Waals surface area contributed by atoms with Gasteiger partial charge < -0.3 is 15.4 Å². The second-order valence-corrected chi connectivity index (χ2v) is 6.80. The lowest BCUT2D eigenvalue weighted by Gasteiger charge is -2.11. The maximum Gasteiger partial charge on any atom is 0.253 e. The van der Waals surface area contributed by atoms with E-state index in [-0.39, 0.29) is 17.5 Å². The van der Waals surface area contributed by atoms with Gasteiger partial charge in [-0.2, -0.15) is 0 Å². The number of ether oxygens (including phenoxy) is 1. The third-order valence-electron chi connectivity index (χ3n) is 4.25. The number of rotatable bonds is 9. The largest absolute Gasteiger partial charge is 0.488 e. The molecule has 7 nitrogen and oxygen atoms in total. The van der Waals surface area contributed by atoms with Gasteiger partial charge in [0.05, 0.1) is 22.0 Å². The predicted octanol–water partition coefficient (Wildman–Crippen LogP) is 3.70. The van der Waals surface area contributed by atoms with E-state index < -0.39 is 5.82 Å². The number of hydrogen-bond acceptors (Lipinski definition) is 6. The van der Waals surface area contributed by atoms with Gasteiger partial charge in [-0.05, 0) is 29.8 Å². The van der Waals surface area contributed by atoms with Crippen LogP contribution < -0.4 is 15.4 Å². The Bertz CT molecular complexity index is 1060. The van der Waals surface area contributed by atoms with Gasteiger partial charge in [-0.3, -0.25) is 19.8 Å². The minimum absolute atomic E-state index is 0.0226. The van der Waals surface area contributed by atoms with Crippen molar-refractivity contribution < 1.29 is 13.9 Å². The monoisotopic (exact) mass is 441 g/mol. The van der Waals surface area contributed by atoms with Gasteiger partial charge >= 0.3 is 0 Å². The molecule has 0 saturated carbocycles. The summed E-state index contributed by atoms with van der Waals surface area (Å²) in [6.07, 6.45) is 6.58. The second-order valence-electron chi connectivity index (χ2n) is 6.40. The molecule has 0 radical (unpaired) electrons. The van der Waals surface area contributed by atoms with E-state index in [0.717, 1.165) is 5.56 Å². The fourth-order valence-electron chi connectivity index (χ4n) is 2.75. The Morgan fingerprint density at radius 2 is 2.13 bits per heavy atom. The van der Waals surface area contributed by atoms with E-state index in [1.165, 1.54) is 24.4 Å². The number of carbonyl (C=O) groups excluding carboxylic acids is 1. The molecule has 1 amide bonds. The molecule has 9 heteroatoms. The van der Waals surface area contributed by atoms with Crippen molar-refractivity contribution in [2.45, 2.75) is 13.1 Å². The molecule has 0 atom stereocenters. The summed E-state index contributed by atoms with van der Waals surface area (Å²) < 4.78 is 18.8. The Kier molecular flexibility index (Phi) is 8.03. The van der Waals surface area contributed by atoms with E-state index in [0.29, 0.717) is 35.8 Å². The summed E-state index contributed by atoms with van der Waals surface area (Å²) in [6, 6.07) is 9.53. The molecule has 0 fully saturated rings. The van der Waals surface area contributed by atoms with Crippen LogP contribution in [0.15, 0.2) is 60.0 Å². The molecule has 31 heavy (non-hydrogen) atoms. The lowest BCUT2D eigenvalue weighted by Crippen LogP contribution is -2.20. The Morgan fingerprint density at radius 1 is 1.26 bits per heavy atom. The van der Waals surface area contributed by atoms with Gasteiger partial charge in [0.1, 0.15) is 18.2 Å². The van der Waals surface area contributed by atoms with Crippen LogP contribution in [0.3, 0.4) is 0 Å². The minimum Gasteiger partial charge on any atom is -0.488 e. The summed E-state index contributed by atoms with van der Waals surface area (Å²) in [4.78, 5) is 25.2. The maximum atomic E-state index is 13.2. The molecule has 0 bridgehead atoms. The molecular weight excluding hydrogens is 421 g/mol. The van der Waals surface area contributed by atoms with E-state index in [1.807, 2.05) is 12.1 Å². The predicted molar refractivity (Wildman–Crippen MR) is 117 cm³/mol. The molecule has 0 aliphatic rings. The first-order valence-corrected chi connectivity index (χ1v) is 9.86. The molecule has 3 aromatic rings. The standard InChI is InChI=1S/C22H21ClFN5O2/c1-25-22(30)17-6-8-28-20(14-27-13-15-3-2-7-26-12-15)21(17)29-9-10-31-16-4-5-19(24)18(23)11-16/h2-9,11-12,27H,10,13-14H2,1H3,(H,25,30)/b29-9+. The van der Waals surface area contributed by atoms with Gasteiger partial charge in [-0.25, -0.2) is 4.39 Å². The molecule has 0 unspecified atom stereocenters. The van der Waals surface area contributed by atoms with Crippen molar-refractivity contribution >= 4 is 29.4 Å². The fourth-order valence-corrected chi connectivity index (χ4v) is 2.92. The molecule has 160 valence electrons. The maximum absolute atomic E-state index is 13.2. The lowest BCUT2D eigenvalue weighted by molar-refractivity contribution is 0.0963. The van der Waals surface area contributed by atoms with Gasteiger partial charge in [0.15, 0.2) is 0 Å². The number of aromatic nitrogens is 2. The lowest BCUT2D eigenvalue weighted by atomic mass is 10.1. The molecule has 2 aromatic heterocycles. The Balaban J connectivity index is 1.71. The summed E-state index contributed by atoms with van der Waals surface area (Å²) in [7, 11) is 1.55. The second kappa shape index (κ2) is 11.1. The first kappa shape index (κ1) is 22.3. The van der Waals surface area contributed by atoms with Crippen molar-refractivity contribution in [1.82, 2.24) is 20.6 Å². The fraction of sp³-hybridized carbons (Fsp3) is 0.182. The molecule has 0 saturated heterocycles. The van der Waals surface area contributed by atoms with Crippen LogP contribution in [0.4, 0.5) is 10.1 Å². The highest BCUT2D eigenvalue weighted by molar-refractivity contribution is 6.30. The number of amides is 1. The summed E-state index contributed by atoms with van der Waals surface area (Å²) in [5.41, 5.74) is 2.49. The number of nitrogens with one attached hydrogen (secondary N) is 2. The zero-order valence-corrected chi connectivity index (χ0v) is 17.6. The van der Waals surface area contributed by atoms with Crippen LogP contribution in [0.1, 0.15) is 21.6 Å². The van der Waals surface area contributed by atoms with E-state index in [1.54, 1.807) is 31.7 Å². The molecular formula is C22H21ClFN5O2.